The molecule has 0 aliphatic heterocycles. The van der Waals surface area contributed by atoms with Crippen LogP contribution >= 0.6 is 0 Å². The number of hydrogen-bond donors (Lipinski definition) is 2. The smallest absolute Gasteiger partial charge is 0.227 e. The van der Waals surface area contributed by atoms with Gasteiger partial charge in [-0.3, -0.25) is 9.89 Å². The predicted molar refractivity (Wildman–Crippen MR) is 76.7 cm³/mol. The Morgan fingerprint density at radius 2 is 2.05 bits per heavy atom. The molecule has 0 spiro atoms. The molecule has 1 aromatic carbocycles. The molecule has 4 nitrogen and oxygen atoms in total. The Bertz CT molecular complexity index is 546. The molecule has 4 heteroatoms. The van der Waals surface area contributed by atoms with E-state index in [4.69, 9.17) is 0 Å². The fraction of sp³-hybridized carbons (Fsp3) is 0.333. The first-order valence-corrected chi connectivity index (χ1v) is 6.48. The van der Waals surface area contributed by atoms with Crippen molar-refractivity contribution in [3.63, 3.8) is 0 Å². The van der Waals surface area contributed by atoms with E-state index in [2.05, 4.69) is 15.5 Å². The molecule has 0 fully saturated rings. The van der Waals surface area contributed by atoms with Crippen molar-refractivity contribution in [1.82, 2.24) is 10.2 Å². The molecule has 2 aromatic rings. The van der Waals surface area contributed by atoms with Gasteiger partial charge in [0.05, 0.1) is 5.69 Å². The van der Waals surface area contributed by atoms with Crippen molar-refractivity contribution >= 4 is 11.6 Å². The molecule has 0 saturated carbocycles. The van der Waals surface area contributed by atoms with E-state index < -0.39 is 0 Å². The summed E-state index contributed by atoms with van der Waals surface area (Å²) in [4.78, 5) is 12.0. The number of aromatic nitrogens is 2. The molecule has 0 aliphatic rings. The largest absolute Gasteiger partial charge is 0.326 e. The van der Waals surface area contributed by atoms with Gasteiger partial charge in [0.1, 0.15) is 0 Å². The maximum Gasteiger partial charge on any atom is 0.227 e. The van der Waals surface area contributed by atoms with Crippen molar-refractivity contribution in [2.45, 2.75) is 20.8 Å². The van der Waals surface area contributed by atoms with E-state index in [1.165, 1.54) is 0 Å². The van der Waals surface area contributed by atoms with Crippen molar-refractivity contribution in [2.75, 3.05) is 5.32 Å². The van der Waals surface area contributed by atoms with Crippen LogP contribution in [-0.2, 0) is 4.79 Å². The third kappa shape index (κ3) is 3.22. The lowest BCUT2D eigenvalue weighted by molar-refractivity contribution is -0.120. The average molecular weight is 257 g/mol. The Morgan fingerprint density at radius 1 is 1.26 bits per heavy atom. The van der Waals surface area contributed by atoms with E-state index in [1.807, 2.05) is 51.1 Å². The zero-order chi connectivity index (χ0) is 13.8. The zero-order valence-corrected chi connectivity index (χ0v) is 11.5. The third-order valence-corrected chi connectivity index (χ3v) is 3.36. The van der Waals surface area contributed by atoms with Crippen LogP contribution in [0.2, 0.25) is 0 Å². The maximum absolute atomic E-state index is 12.0. The van der Waals surface area contributed by atoms with Gasteiger partial charge in [-0.1, -0.05) is 32.9 Å². The van der Waals surface area contributed by atoms with Gasteiger partial charge in [-0.15, -0.1) is 0 Å². The van der Waals surface area contributed by atoms with Crippen LogP contribution in [0.3, 0.4) is 0 Å². The van der Waals surface area contributed by atoms with E-state index in [0.29, 0.717) is 5.92 Å². The second-order valence-corrected chi connectivity index (χ2v) is 5.07. The number of nitrogens with one attached hydrogen (secondary N) is 2. The number of nitrogens with zero attached hydrogens (tertiary/aromatic N) is 1. The van der Waals surface area contributed by atoms with Crippen LogP contribution in [0.15, 0.2) is 36.5 Å². The highest BCUT2D eigenvalue weighted by molar-refractivity contribution is 5.93. The minimum atomic E-state index is -0.00388. The van der Waals surface area contributed by atoms with Crippen LogP contribution in [-0.4, -0.2) is 16.1 Å². The lowest BCUT2D eigenvalue weighted by Gasteiger charge is -2.15. The molecule has 1 unspecified atom stereocenters. The molecule has 1 atom stereocenters. The van der Waals surface area contributed by atoms with Gasteiger partial charge in [0.2, 0.25) is 5.91 Å². The summed E-state index contributed by atoms with van der Waals surface area (Å²) in [7, 11) is 0. The molecule has 0 saturated heterocycles. The molecule has 2 N–H and O–H groups in total. The molecule has 0 aliphatic carbocycles. The summed E-state index contributed by atoms with van der Waals surface area (Å²) in [6, 6.07) is 9.64. The van der Waals surface area contributed by atoms with Crippen LogP contribution in [0.1, 0.15) is 20.8 Å². The summed E-state index contributed by atoms with van der Waals surface area (Å²) in [5.41, 5.74) is 2.75. The number of anilines is 1. The second-order valence-electron chi connectivity index (χ2n) is 5.07. The first-order chi connectivity index (χ1) is 9.08. The SMILES string of the molecule is CC(C)C(C)C(=O)Nc1cccc(-c2ccn[nH]2)c1. The molecule has 19 heavy (non-hydrogen) atoms. The van der Waals surface area contributed by atoms with E-state index in [1.54, 1.807) is 6.20 Å². The van der Waals surface area contributed by atoms with Gasteiger partial charge >= 0.3 is 0 Å². The van der Waals surface area contributed by atoms with Crippen molar-refractivity contribution < 1.29 is 4.79 Å². The monoisotopic (exact) mass is 257 g/mol. The summed E-state index contributed by atoms with van der Waals surface area (Å²) >= 11 is 0. The summed E-state index contributed by atoms with van der Waals surface area (Å²) in [6.07, 6.45) is 1.71. The fourth-order valence-electron chi connectivity index (χ4n) is 1.74. The first kappa shape index (κ1) is 13.3. The number of carbonyl (C=O) groups excluding carboxylic acids is 1. The zero-order valence-electron chi connectivity index (χ0n) is 11.5. The third-order valence-electron chi connectivity index (χ3n) is 3.36. The van der Waals surface area contributed by atoms with Gasteiger partial charge < -0.3 is 5.32 Å². The number of H-pyrrole nitrogens is 1. The van der Waals surface area contributed by atoms with Crippen LogP contribution in [0.5, 0.6) is 0 Å². The van der Waals surface area contributed by atoms with Crippen molar-refractivity contribution in [3.05, 3.63) is 36.5 Å². The Labute approximate surface area is 113 Å². The number of rotatable bonds is 4. The number of hydrogen-bond acceptors (Lipinski definition) is 2. The Kier molecular flexibility index (Phi) is 4.00. The molecule has 0 bridgehead atoms. The summed E-state index contributed by atoms with van der Waals surface area (Å²) < 4.78 is 0. The van der Waals surface area contributed by atoms with E-state index in [0.717, 1.165) is 16.9 Å². The molecule has 1 amide bonds. The van der Waals surface area contributed by atoms with Crippen LogP contribution in [0, 0.1) is 11.8 Å². The van der Waals surface area contributed by atoms with Gasteiger partial charge in [0.15, 0.2) is 0 Å². The highest BCUT2D eigenvalue weighted by Gasteiger charge is 2.16. The quantitative estimate of drug-likeness (QED) is 0.882. The Hall–Kier alpha value is -2.10. The topological polar surface area (TPSA) is 57.8 Å². The van der Waals surface area contributed by atoms with E-state index in [-0.39, 0.29) is 11.8 Å². The number of benzene rings is 1. The highest BCUT2D eigenvalue weighted by atomic mass is 16.1. The summed E-state index contributed by atoms with van der Waals surface area (Å²) in [5.74, 6) is 0.378. The maximum atomic E-state index is 12.0. The van der Waals surface area contributed by atoms with Gasteiger partial charge in [0, 0.05) is 23.4 Å². The summed E-state index contributed by atoms with van der Waals surface area (Å²) in [6.45, 7) is 6.04. The summed E-state index contributed by atoms with van der Waals surface area (Å²) in [5, 5.41) is 9.79. The van der Waals surface area contributed by atoms with Gasteiger partial charge in [-0.25, -0.2) is 0 Å². The van der Waals surface area contributed by atoms with Crippen molar-refractivity contribution in [3.8, 4) is 11.3 Å². The number of aromatic amines is 1. The molecule has 1 aromatic heterocycles. The molecular formula is C15H19N3O. The first-order valence-electron chi connectivity index (χ1n) is 6.48. The van der Waals surface area contributed by atoms with Crippen LogP contribution in [0.25, 0.3) is 11.3 Å². The molecule has 2 rings (SSSR count). The van der Waals surface area contributed by atoms with E-state index in [9.17, 15) is 4.79 Å². The van der Waals surface area contributed by atoms with E-state index >= 15 is 0 Å². The molecular weight excluding hydrogens is 238 g/mol. The van der Waals surface area contributed by atoms with Crippen molar-refractivity contribution in [2.24, 2.45) is 11.8 Å². The number of amides is 1. The molecule has 1 heterocycles. The normalized spacial score (nSPS) is 12.4. The minimum absolute atomic E-state index is 0.00388. The van der Waals surface area contributed by atoms with Gasteiger partial charge in [0.25, 0.3) is 0 Å². The molecule has 0 radical (unpaired) electrons. The second kappa shape index (κ2) is 5.69. The lowest BCUT2D eigenvalue weighted by Crippen LogP contribution is -2.24. The van der Waals surface area contributed by atoms with Crippen LogP contribution in [0.4, 0.5) is 5.69 Å². The molecule has 100 valence electrons. The van der Waals surface area contributed by atoms with Gasteiger partial charge in [-0.2, -0.15) is 5.10 Å². The fourth-order valence-corrected chi connectivity index (χ4v) is 1.74. The minimum Gasteiger partial charge on any atom is -0.326 e. The van der Waals surface area contributed by atoms with Crippen molar-refractivity contribution in [1.29, 1.82) is 0 Å². The van der Waals surface area contributed by atoms with Crippen LogP contribution < -0.4 is 5.32 Å². The Morgan fingerprint density at radius 3 is 2.68 bits per heavy atom. The van der Waals surface area contributed by atoms with Gasteiger partial charge in [-0.05, 0) is 24.1 Å². The average Bonchev–Trinajstić information content (AvgIpc) is 2.91. The highest BCUT2D eigenvalue weighted by Crippen LogP contribution is 2.21. The predicted octanol–water partition coefficient (Wildman–Crippen LogP) is 3.31. The standard InChI is InChI=1S/C15H19N3O/c1-10(2)11(3)15(19)17-13-6-4-5-12(9-13)14-7-8-16-18-14/h4-11H,1-3H3,(H,16,18)(H,17,19). The Balaban J connectivity index is 2.14. The lowest BCUT2D eigenvalue weighted by atomic mass is 9.97. The number of carbonyl (C=O) groups is 1.